The number of nitrogens with zero attached hydrogens (tertiary/aromatic N) is 3. The number of aromatic nitrogens is 3. The van der Waals surface area contributed by atoms with Crippen LogP contribution in [0.1, 0.15) is 5.69 Å². The fourth-order valence-electron chi connectivity index (χ4n) is 1.38. The smallest absolute Gasteiger partial charge is 0.422 e. The monoisotopic (exact) mass is 257 g/mol. The lowest BCUT2D eigenvalue weighted by atomic mass is 10.4. The summed E-state index contributed by atoms with van der Waals surface area (Å²) in [6, 6.07) is 6.64. The molecule has 0 atom stereocenters. The van der Waals surface area contributed by atoms with Gasteiger partial charge in [0.1, 0.15) is 0 Å². The van der Waals surface area contributed by atoms with E-state index in [1.54, 1.807) is 31.3 Å². The van der Waals surface area contributed by atoms with Gasteiger partial charge in [-0.25, -0.2) is 9.67 Å². The standard InChI is InChI=1S/C11H10F3N3O/c1-8-6-10(18-7-11(12,13)14)16-17(8)9-4-2-3-5-15-9/h2-6H,7H2,1H3. The summed E-state index contributed by atoms with van der Waals surface area (Å²) in [4.78, 5) is 4.05. The van der Waals surface area contributed by atoms with Gasteiger partial charge in [-0.3, -0.25) is 0 Å². The van der Waals surface area contributed by atoms with Crippen LogP contribution in [0, 0.1) is 6.92 Å². The Balaban J connectivity index is 2.18. The van der Waals surface area contributed by atoms with Crippen molar-refractivity contribution in [3.8, 4) is 11.7 Å². The van der Waals surface area contributed by atoms with Crippen molar-refractivity contribution in [2.45, 2.75) is 13.1 Å². The topological polar surface area (TPSA) is 39.9 Å². The predicted octanol–water partition coefficient (Wildman–Crippen LogP) is 2.52. The van der Waals surface area contributed by atoms with Crippen LogP contribution in [0.15, 0.2) is 30.5 Å². The third-order valence-electron chi connectivity index (χ3n) is 2.12. The molecule has 0 amide bonds. The Kier molecular flexibility index (Phi) is 3.22. The molecule has 2 rings (SSSR count). The molecule has 7 heteroatoms. The zero-order chi connectivity index (χ0) is 13.2. The van der Waals surface area contributed by atoms with Gasteiger partial charge >= 0.3 is 6.18 Å². The van der Waals surface area contributed by atoms with E-state index in [2.05, 4.69) is 14.8 Å². The molecule has 4 nitrogen and oxygen atoms in total. The minimum Gasteiger partial charge on any atom is -0.467 e. The van der Waals surface area contributed by atoms with Crippen LogP contribution in [0.2, 0.25) is 0 Å². The van der Waals surface area contributed by atoms with Crippen LogP contribution in [-0.2, 0) is 0 Å². The van der Waals surface area contributed by atoms with Crippen molar-refractivity contribution in [2.75, 3.05) is 6.61 Å². The average molecular weight is 257 g/mol. The van der Waals surface area contributed by atoms with E-state index in [1.165, 1.54) is 10.7 Å². The van der Waals surface area contributed by atoms with Gasteiger partial charge < -0.3 is 4.74 Å². The van der Waals surface area contributed by atoms with Crippen LogP contribution in [0.5, 0.6) is 5.88 Å². The van der Waals surface area contributed by atoms with Crippen LogP contribution in [0.4, 0.5) is 13.2 Å². The fourth-order valence-corrected chi connectivity index (χ4v) is 1.38. The molecule has 0 N–H and O–H groups in total. The van der Waals surface area contributed by atoms with Gasteiger partial charge in [0.15, 0.2) is 12.4 Å². The number of hydrogen-bond donors (Lipinski definition) is 0. The Labute approximate surface area is 101 Å². The van der Waals surface area contributed by atoms with Crippen LogP contribution >= 0.6 is 0 Å². The lowest BCUT2D eigenvalue weighted by Crippen LogP contribution is -2.19. The van der Waals surface area contributed by atoms with Gasteiger partial charge in [0.05, 0.1) is 0 Å². The molecule has 2 heterocycles. The highest BCUT2D eigenvalue weighted by Gasteiger charge is 2.29. The normalized spacial score (nSPS) is 11.6. The van der Waals surface area contributed by atoms with E-state index in [-0.39, 0.29) is 5.88 Å². The van der Waals surface area contributed by atoms with Crippen molar-refractivity contribution in [3.63, 3.8) is 0 Å². The Morgan fingerprint density at radius 2 is 2.11 bits per heavy atom. The van der Waals surface area contributed by atoms with E-state index in [0.29, 0.717) is 11.5 Å². The van der Waals surface area contributed by atoms with E-state index >= 15 is 0 Å². The number of halogens is 3. The molecule has 0 spiro atoms. The van der Waals surface area contributed by atoms with Crippen molar-refractivity contribution in [3.05, 3.63) is 36.2 Å². The molecule has 0 aliphatic rings. The number of pyridine rings is 1. The van der Waals surface area contributed by atoms with Crippen LogP contribution in [-0.4, -0.2) is 27.5 Å². The third kappa shape index (κ3) is 2.99. The molecular formula is C11H10F3N3O. The second kappa shape index (κ2) is 4.67. The van der Waals surface area contributed by atoms with Gasteiger partial charge in [0.25, 0.3) is 0 Å². The minimum absolute atomic E-state index is 0.0736. The Morgan fingerprint density at radius 1 is 1.33 bits per heavy atom. The quantitative estimate of drug-likeness (QED) is 0.848. The van der Waals surface area contributed by atoms with Gasteiger partial charge in [0.2, 0.25) is 5.88 Å². The molecule has 96 valence electrons. The molecule has 0 radical (unpaired) electrons. The number of alkyl halides is 3. The molecule has 0 saturated carbocycles. The molecule has 0 unspecified atom stereocenters. The SMILES string of the molecule is Cc1cc(OCC(F)(F)F)nn1-c1ccccn1. The first-order chi connectivity index (χ1) is 8.46. The second-order valence-electron chi connectivity index (χ2n) is 3.63. The first kappa shape index (κ1) is 12.4. The van der Waals surface area contributed by atoms with Crippen LogP contribution in [0.3, 0.4) is 0 Å². The van der Waals surface area contributed by atoms with Crippen molar-refractivity contribution >= 4 is 0 Å². The summed E-state index contributed by atoms with van der Waals surface area (Å²) in [5, 5.41) is 3.92. The third-order valence-corrected chi connectivity index (χ3v) is 2.12. The minimum atomic E-state index is -4.37. The molecule has 0 aliphatic carbocycles. The van der Waals surface area contributed by atoms with Gasteiger partial charge in [-0.05, 0) is 19.1 Å². The highest BCUT2D eigenvalue weighted by molar-refractivity contribution is 5.27. The molecule has 0 fully saturated rings. The Morgan fingerprint density at radius 3 is 2.72 bits per heavy atom. The summed E-state index contributed by atoms with van der Waals surface area (Å²) in [5.41, 5.74) is 0.644. The van der Waals surface area contributed by atoms with Crippen molar-refractivity contribution in [2.24, 2.45) is 0 Å². The molecule has 0 aromatic carbocycles. The number of aryl methyl sites for hydroxylation is 1. The van der Waals surface area contributed by atoms with E-state index < -0.39 is 12.8 Å². The van der Waals surface area contributed by atoms with Crippen molar-refractivity contribution in [1.82, 2.24) is 14.8 Å². The molecule has 18 heavy (non-hydrogen) atoms. The van der Waals surface area contributed by atoms with E-state index in [0.717, 1.165) is 0 Å². The summed E-state index contributed by atoms with van der Waals surface area (Å²) >= 11 is 0. The molecule has 0 saturated heterocycles. The Hall–Kier alpha value is -2.05. The maximum absolute atomic E-state index is 12.0. The second-order valence-corrected chi connectivity index (χ2v) is 3.63. The van der Waals surface area contributed by atoms with Gasteiger partial charge in [0, 0.05) is 18.0 Å². The summed E-state index contributed by atoms with van der Waals surface area (Å²) in [5.74, 6) is 0.451. The lowest BCUT2D eigenvalue weighted by Gasteiger charge is -2.05. The van der Waals surface area contributed by atoms with E-state index in [1.807, 2.05) is 0 Å². The van der Waals surface area contributed by atoms with E-state index in [4.69, 9.17) is 0 Å². The first-order valence-electron chi connectivity index (χ1n) is 5.13. The van der Waals surface area contributed by atoms with E-state index in [9.17, 15) is 13.2 Å². The molecule has 2 aromatic heterocycles. The largest absolute Gasteiger partial charge is 0.467 e. The summed E-state index contributed by atoms with van der Waals surface area (Å²) in [6.07, 6.45) is -2.80. The molecule has 0 aliphatic heterocycles. The molecule has 2 aromatic rings. The molecular weight excluding hydrogens is 247 g/mol. The van der Waals surface area contributed by atoms with Gasteiger partial charge in [-0.15, -0.1) is 5.10 Å². The van der Waals surface area contributed by atoms with Crippen LogP contribution < -0.4 is 4.74 Å². The summed E-state index contributed by atoms with van der Waals surface area (Å²) in [7, 11) is 0. The maximum Gasteiger partial charge on any atom is 0.422 e. The number of hydrogen-bond acceptors (Lipinski definition) is 3. The van der Waals surface area contributed by atoms with Crippen LogP contribution in [0.25, 0.3) is 5.82 Å². The highest BCUT2D eigenvalue weighted by atomic mass is 19.4. The maximum atomic E-state index is 12.0. The lowest BCUT2D eigenvalue weighted by molar-refractivity contribution is -0.154. The van der Waals surface area contributed by atoms with Crippen molar-refractivity contribution < 1.29 is 17.9 Å². The summed E-state index contributed by atoms with van der Waals surface area (Å²) in [6.45, 7) is 0.355. The summed E-state index contributed by atoms with van der Waals surface area (Å²) < 4.78 is 42.0. The highest BCUT2D eigenvalue weighted by Crippen LogP contribution is 2.19. The average Bonchev–Trinajstić information content (AvgIpc) is 2.68. The zero-order valence-corrected chi connectivity index (χ0v) is 9.48. The van der Waals surface area contributed by atoms with Crippen molar-refractivity contribution in [1.29, 1.82) is 0 Å². The zero-order valence-electron chi connectivity index (χ0n) is 9.48. The number of rotatable bonds is 3. The number of ether oxygens (including phenoxy) is 1. The molecule has 0 bridgehead atoms. The van der Waals surface area contributed by atoms with Gasteiger partial charge in [-0.1, -0.05) is 6.07 Å². The first-order valence-corrected chi connectivity index (χ1v) is 5.13. The Bertz CT molecular complexity index is 522. The predicted molar refractivity (Wildman–Crippen MR) is 57.6 cm³/mol. The van der Waals surface area contributed by atoms with Gasteiger partial charge in [-0.2, -0.15) is 13.2 Å². The fraction of sp³-hybridized carbons (Fsp3) is 0.273.